The summed E-state index contributed by atoms with van der Waals surface area (Å²) in [5, 5.41) is 15.8. The van der Waals surface area contributed by atoms with Gasteiger partial charge in [0.25, 0.3) is 0 Å². The fourth-order valence-electron chi connectivity index (χ4n) is 1.31. The molecule has 92 valence electrons. The lowest BCUT2D eigenvalue weighted by Crippen LogP contribution is -2.38. The molecule has 3 nitrogen and oxygen atoms in total. The van der Waals surface area contributed by atoms with Crippen LogP contribution >= 0.6 is 22.9 Å². The van der Waals surface area contributed by atoms with Crippen LogP contribution in [0, 0.1) is 0 Å². The van der Waals surface area contributed by atoms with Crippen molar-refractivity contribution in [1.82, 2.24) is 5.32 Å². The Bertz CT molecular complexity index is 315. The van der Waals surface area contributed by atoms with E-state index in [2.05, 4.69) is 5.32 Å². The third kappa shape index (κ3) is 5.27. The van der Waals surface area contributed by atoms with Crippen molar-refractivity contribution in [3.05, 3.63) is 21.3 Å². The van der Waals surface area contributed by atoms with E-state index in [-0.39, 0.29) is 0 Å². The van der Waals surface area contributed by atoms with E-state index in [1.165, 1.54) is 4.88 Å². The van der Waals surface area contributed by atoms with Gasteiger partial charge >= 0.3 is 0 Å². The van der Waals surface area contributed by atoms with Crippen LogP contribution in [-0.2, 0) is 11.3 Å². The lowest BCUT2D eigenvalue weighted by Gasteiger charge is -2.23. The Hall–Kier alpha value is -0.130. The summed E-state index contributed by atoms with van der Waals surface area (Å²) >= 11 is 7.43. The van der Waals surface area contributed by atoms with Gasteiger partial charge in [0.05, 0.1) is 10.6 Å². The minimum atomic E-state index is -0.725. The predicted molar refractivity (Wildman–Crippen MR) is 68.2 cm³/mol. The lowest BCUT2D eigenvalue weighted by molar-refractivity contribution is 0.0248. The maximum atomic E-state index is 9.96. The summed E-state index contributed by atoms with van der Waals surface area (Å²) in [5.74, 6) is 0. The van der Waals surface area contributed by atoms with Crippen molar-refractivity contribution in [3.63, 3.8) is 0 Å². The summed E-state index contributed by atoms with van der Waals surface area (Å²) in [5.41, 5.74) is -0.725. The monoisotopic (exact) mass is 263 g/mol. The Balaban J connectivity index is 2.24. The summed E-state index contributed by atoms with van der Waals surface area (Å²) in [6, 6.07) is 1.93. The van der Waals surface area contributed by atoms with Crippen LogP contribution in [-0.4, -0.2) is 31.0 Å². The van der Waals surface area contributed by atoms with E-state index < -0.39 is 5.60 Å². The second kappa shape index (κ2) is 6.57. The highest BCUT2D eigenvalue weighted by Crippen LogP contribution is 2.19. The quantitative estimate of drug-likeness (QED) is 0.793. The molecule has 0 aromatic carbocycles. The molecule has 0 aliphatic rings. The summed E-state index contributed by atoms with van der Waals surface area (Å²) in [4.78, 5) is 1.17. The van der Waals surface area contributed by atoms with Gasteiger partial charge in [-0.2, -0.15) is 0 Å². The van der Waals surface area contributed by atoms with E-state index in [1.54, 1.807) is 25.4 Å². The molecule has 0 aliphatic carbocycles. The molecule has 0 saturated heterocycles. The second-order valence-corrected chi connectivity index (χ2v) is 5.51. The van der Waals surface area contributed by atoms with Crippen molar-refractivity contribution < 1.29 is 9.84 Å². The van der Waals surface area contributed by atoms with Gasteiger partial charge in [-0.05, 0) is 13.0 Å². The zero-order valence-corrected chi connectivity index (χ0v) is 11.2. The van der Waals surface area contributed by atoms with Crippen molar-refractivity contribution in [3.8, 4) is 0 Å². The number of methoxy groups -OCH3 is 1. The number of nitrogens with one attached hydrogen (secondary N) is 1. The van der Waals surface area contributed by atoms with Gasteiger partial charge in [-0.25, -0.2) is 0 Å². The molecule has 1 aromatic rings. The molecule has 1 aromatic heterocycles. The summed E-state index contributed by atoms with van der Waals surface area (Å²) < 4.78 is 4.94. The molecule has 1 rings (SSSR count). The highest BCUT2D eigenvalue weighted by molar-refractivity contribution is 7.10. The fraction of sp³-hybridized carbons (Fsp3) is 0.636. The number of aliphatic hydroxyl groups is 1. The van der Waals surface area contributed by atoms with Gasteiger partial charge in [-0.15, -0.1) is 11.3 Å². The molecule has 0 bridgehead atoms. The molecule has 1 atom stereocenters. The van der Waals surface area contributed by atoms with E-state index in [1.807, 2.05) is 11.4 Å². The van der Waals surface area contributed by atoms with Crippen LogP contribution in [0.5, 0.6) is 0 Å². The SMILES string of the molecule is COCCC(C)(O)CNCc1cc(Cl)cs1. The van der Waals surface area contributed by atoms with Crippen molar-refractivity contribution in [2.75, 3.05) is 20.3 Å². The van der Waals surface area contributed by atoms with Crippen molar-refractivity contribution in [2.45, 2.75) is 25.5 Å². The molecule has 0 radical (unpaired) electrons. The normalized spacial score (nSPS) is 15.0. The Kier molecular flexibility index (Phi) is 5.72. The molecule has 0 aliphatic heterocycles. The highest BCUT2D eigenvalue weighted by Gasteiger charge is 2.19. The van der Waals surface area contributed by atoms with Gasteiger partial charge in [-0.3, -0.25) is 0 Å². The van der Waals surface area contributed by atoms with Gasteiger partial charge in [-0.1, -0.05) is 11.6 Å². The number of ether oxygens (including phenoxy) is 1. The Morgan fingerprint density at radius 1 is 1.62 bits per heavy atom. The summed E-state index contributed by atoms with van der Waals surface area (Å²) in [6.07, 6.45) is 0.627. The first-order chi connectivity index (χ1) is 7.53. The third-order valence-corrected chi connectivity index (χ3v) is 3.56. The largest absolute Gasteiger partial charge is 0.389 e. The van der Waals surface area contributed by atoms with Crippen LogP contribution in [0.15, 0.2) is 11.4 Å². The van der Waals surface area contributed by atoms with Gasteiger partial charge in [0.2, 0.25) is 0 Å². The van der Waals surface area contributed by atoms with Crippen LogP contribution in [0.3, 0.4) is 0 Å². The maximum Gasteiger partial charge on any atom is 0.0765 e. The number of hydrogen-bond acceptors (Lipinski definition) is 4. The number of thiophene rings is 1. The van der Waals surface area contributed by atoms with Crippen molar-refractivity contribution in [2.24, 2.45) is 0 Å². The molecular weight excluding hydrogens is 246 g/mol. The molecule has 0 fully saturated rings. The standard InChI is InChI=1S/C11H18ClNO2S/c1-11(14,3-4-15-2)8-13-6-10-5-9(12)7-16-10/h5,7,13-14H,3-4,6,8H2,1-2H3. The van der Waals surface area contributed by atoms with Crippen molar-refractivity contribution >= 4 is 22.9 Å². The third-order valence-electron chi connectivity index (χ3n) is 2.27. The van der Waals surface area contributed by atoms with Crippen LogP contribution in [0.4, 0.5) is 0 Å². The molecule has 2 N–H and O–H groups in total. The van der Waals surface area contributed by atoms with Gasteiger partial charge in [0.1, 0.15) is 0 Å². The summed E-state index contributed by atoms with van der Waals surface area (Å²) in [7, 11) is 1.64. The van der Waals surface area contributed by atoms with Crippen LogP contribution < -0.4 is 5.32 Å². The Labute approximate surface area is 105 Å². The highest BCUT2D eigenvalue weighted by atomic mass is 35.5. The molecule has 1 unspecified atom stereocenters. The topological polar surface area (TPSA) is 41.5 Å². The zero-order valence-electron chi connectivity index (χ0n) is 9.62. The Morgan fingerprint density at radius 3 is 2.94 bits per heavy atom. The lowest BCUT2D eigenvalue weighted by atomic mass is 10.0. The molecular formula is C11H18ClNO2S. The smallest absolute Gasteiger partial charge is 0.0765 e. The Morgan fingerprint density at radius 2 is 2.38 bits per heavy atom. The first-order valence-corrected chi connectivity index (χ1v) is 6.44. The predicted octanol–water partition coefficient (Wildman–Crippen LogP) is 2.28. The number of halogens is 1. The number of hydrogen-bond donors (Lipinski definition) is 2. The number of rotatable bonds is 7. The van der Waals surface area contributed by atoms with E-state index in [0.717, 1.165) is 11.6 Å². The minimum absolute atomic E-state index is 0.547. The minimum Gasteiger partial charge on any atom is -0.389 e. The molecule has 1 heterocycles. The van der Waals surface area contributed by atoms with E-state index in [0.29, 0.717) is 19.6 Å². The van der Waals surface area contributed by atoms with Crippen LogP contribution in [0.25, 0.3) is 0 Å². The summed E-state index contributed by atoms with van der Waals surface area (Å²) in [6.45, 7) is 3.66. The van der Waals surface area contributed by atoms with E-state index in [9.17, 15) is 5.11 Å². The first kappa shape index (κ1) is 13.9. The van der Waals surface area contributed by atoms with Crippen LogP contribution in [0.1, 0.15) is 18.2 Å². The molecule has 5 heteroatoms. The van der Waals surface area contributed by atoms with Gasteiger partial charge in [0.15, 0.2) is 0 Å². The maximum absolute atomic E-state index is 9.96. The van der Waals surface area contributed by atoms with Crippen LogP contribution in [0.2, 0.25) is 5.02 Å². The molecule has 16 heavy (non-hydrogen) atoms. The molecule has 0 spiro atoms. The van der Waals surface area contributed by atoms with E-state index in [4.69, 9.17) is 16.3 Å². The fourth-order valence-corrected chi connectivity index (χ4v) is 2.35. The average molecular weight is 264 g/mol. The van der Waals surface area contributed by atoms with Crippen molar-refractivity contribution in [1.29, 1.82) is 0 Å². The first-order valence-electron chi connectivity index (χ1n) is 5.18. The average Bonchev–Trinajstić information content (AvgIpc) is 2.61. The molecule has 0 amide bonds. The van der Waals surface area contributed by atoms with Gasteiger partial charge < -0.3 is 15.2 Å². The van der Waals surface area contributed by atoms with E-state index >= 15 is 0 Å². The van der Waals surface area contributed by atoms with Gasteiger partial charge in [0, 0.05) is 43.5 Å². The zero-order chi connectivity index (χ0) is 12.0. The second-order valence-electron chi connectivity index (χ2n) is 4.07. The molecule has 0 saturated carbocycles.